The first-order chi connectivity index (χ1) is 8.95. The van der Waals surface area contributed by atoms with Crippen LogP contribution in [0, 0.1) is 0 Å². The third kappa shape index (κ3) is 3.92. The van der Waals surface area contributed by atoms with E-state index in [0.717, 1.165) is 12.1 Å². The van der Waals surface area contributed by atoms with E-state index in [1.807, 2.05) is 0 Å². The van der Waals surface area contributed by atoms with Crippen molar-refractivity contribution >= 4 is 15.9 Å². The van der Waals surface area contributed by atoms with E-state index in [1.165, 1.54) is 18.3 Å². The molecule has 100 valence electrons. The Labute approximate surface area is 115 Å². The number of benzene rings is 1. The highest BCUT2D eigenvalue weighted by Crippen LogP contribution is 2.29. The molecule has 0 aliphatic rings. The number of ether oxygens (including phenoxy) is 1. The van der Waals surface area contributed by atoms with Crippen LogP contribution in [-0.4, -0.2) is 9.97 Å². The van der Waals surface area contributed by atoms with Crippen LogP contribution in [0.2, 0.25) is 0 Å². The first kappa shape index (κ1) is 13.8. The first-order valence-electron chi connectivity index (χ1n) is 5.22. The van der Waals surface area contributed by atoms with Gasteiger partial charge in [-0.25, -0.2) is 4.98 Å². The summed E-state index contributed by atoms with van der Waals surface area (Å²) in [6, 6.07) is 6.56. The number of aromatic nitrogens is 2. The zero-order valence-corrected chi connectivity index (χ0v) is 11.1. The summed E-state index contributed by atoms with van der Waals surface area (Å²) in [6.07, 6.45) is -2.81. The quantitative estimate of drug-likeness (QED) is 0.801. The molecule has 1 aromatic carbocycles. The molecule has 3 nitrogen and oxygen atoms in total. The Morgan fingerprint density at radius 2 is 1.79 bits per heavy atom. The van der Waals surface area contributed by atoms with Crippen LogP contribution in [0.5, 0.6) is 6.01 Å². The Morgan fingerprint density at radius 1 is 1.11 bits per heavy atom. The molecule has 2 rings (SSSR count). The molecule has 0 unspecified atom stereocenters. The van der Waals surface area contributed by atoms with Crippen LogP contribution in [0.4, 0.5) is 13.2 Å². The largest absolute Gasteiger partial charge is 0.459 e. The number of rotatable bonds is 3. The van der Waals surface area contributed by atoms with Crippen molar-refractivity contribution in [3.63, 3.8) is 0 Å². The molecule has 0 saturated carbocycles. The van der Waals surface area contributed by atoms with Gasteiger partial charge in [0.05, 0.1) is 5.56 Å². The predicted octanol–water partition coefficient (Wildman–Crippen LogP) is 3.84. The van der Waals surface area contributed by atoms with Crippen LogP contribution in [0.15, 0.2) is 41.1 Å². The Hall–Kier alpha value is -1.63. The van der Waals surface area contributed by atoms with E-state index in [4.69, 9.17) is 4.74 Å². The van der Waals surface area contributed by atoms with Crippen LogP contribution in [0.25, 0.3) is 0 Å². The summed E-state index contributed by atoms with van der Waals surface area (Å²) >= 11 is 3.16. The summed E-state index contributed by atoms with van der Waals surface area (Å²) in [6.45, 7) is 0.106. The Bertz CT molecular complexity index is 558. The first-order valence-corrected chi connectivity index (χ1v) is 6.02. The number of nitrogens with zero attached hydrogens (tertiary/aromatic N) is 2. The molecule has 7 heteroatoms. The van der Waals surface area contributed by atoms with Crippen molar-refractivity contribution in [2.45, 2.75) is 12.8 Å². The highest BCUT2D eigenvalue weighted by molar-refractivity contribution is 9.10. The molecule has 0 radical (unpaired) electrons. The molecular formula is C12H8BrF3N2O. The maximum Gasteiger partial charge on any atom is 0.416 e. The van der Waals surface area contributed by atoms with E-state index in [2.05, 4.69) is 25.9 Å². The lowest BCUT2D eigenvalue weighted by molar-refractivity contribution is -0.137. The SMILES string of the molecule is FC(F)(F)c1ccc(COc2nccc(Br)n2)cc1. The van der Waals surface area contributed by atoms with Gasteiger partial charge in [0.2, 0.25) is 0 Å². The molecule has 0 atom stereocenters. The van der Waals surface area contributed by atoms with Crippen molar-refractivity contribution < 1.29 is 17.9 Å². The van der Waals surface area contributed by atoms with Gasteiger partial charge in [-0.3, -0.25) is 0 Å². The third-order valence-corrected chi connectivity index (χ3v) is 2.69. The van der Waals surface area contributed by atoms with Crippen LogP contribution < -0.4 is 4.74 Å². The zero-order chi connectivity index (χ0) is 13.9. The van der Waals surface area contributed by atoms with Gasteiger partial charge in [0.15, 0.2) is 0 Å². The Balaban J connectivity index is 2.01. The minimum atomic E-state index is -4.33. The van der Waals surface area contributed by atoms with Crippen LogP contribution in [0.1, 0.15) is 11.1 Å². The lowest BCUT2D eigenvalue weighted by Crippen LogP contribution is -2.05. The normalized spacial score (nSPS) is 11.4. The van der Waals surface area contributed by atoms with Gasteiger partial charge in [-0.05, 0) is 39.7 Å². The number of hydrogen-bond donors (Lipinski definition) is 0. The molecule has 0 amide bonds. The molecule has 0 aliphatic carbocycles. The van der Waals surface area contributed by atoms with Gasteiger partial charge in [0.25, 0.3) is 0 Å². The van der Waals surface area contributed by atoms with Crippen molar-refractivity contribution in [2.24, 2.45) is 0 Å². The predicted molar refractivity (Wildman–Crippen MR) is 65.5 cm³/mol. The minimum absolute atomic E-state index is 0.106. The van der Waals surface area contributed by atoms with Crippen molar-refractivity contribution in [1.29, 1.82) is 0 Å². The second kappa shape index (κ2) is 5.56. The van der Waals surface area contributed by atoms with Gasteiger partial charge in [-0.1, -0.05) is 12.1 Å². The maximum absolute atomic E-state index is 12.4. The summed E-state index contributed by atoms with van der Waals surface area (Å²) in [5.41, 5.74) is -0.0773. The molecule has 0 aliphatic heterocycles. The van der Waals surface area contributed by atoms with E-state index < -0.39 is 11.7 Å². The summed E-state index contributed by atoms with van der Waals surface area (Å²) in [5.74, 6) is 0. The second-order valence-corrected chi connectivity index (χ2v) is 4.46. The fourth-order valence-electron chi connectivity index (χ4n) is 1.33. The van der Waals surface area contributed by atoms with Crippen LogP contribution in [-0.2, 0) is 12.8 Å². The molecular weight excluding hydrogens is 325 g/mol. The Morgan fingerprint density at radius 3 is 2.37 bits per heavy atom. The number of alkyl halides is 3. The van der Waals surface area contributed by atoms with Gasteiger partial charge in [-0.2, -0.15) is 18.2 Å². The van der Waals surface area contributed by atoms with Gasteiger partial charge in [-0.15, -0.1) is 0 Å². The summed E-state index contributed by atoms with van der Waals surface area (Å²) in [7, 11) is 0. The lowest BCUT2D eigenvalue weighted by atomic mass is 10.1. The highest BCUT2D eigenvalue weighted by Gasteiger charge is 2.29. The fraction of sp³-hybridized carbons (Fsp3) is 0.167. The Kier molecular flexibility index (Phi) is 4.04. The van der Waals surface area contributed by atoms with Crippen molar-refractivity contribution in [3.05, 3.63) is 52.3 Å². The zero-order valence-electron chi connectivity index (χ0n) is 9.49. The maximum atomic E-state index is 12.4. The van der Waals surface area contributed by atoms with Crippen LogP contribution >= 0.6 is 15.9 Å². The molecule has 2 aromatic rings. The minimum Gasteiger partial charge on any atom is -0.459 e. The molecule has 0 spiro atoms. The summed E-state index contributed by atoms with van der Waals surface area (Å²) < 4.78 is 42.9. The van der Waals surface area contributed by atoms with E-state index >= 15 is 0 Å². The van der Waals surface area contributed by atoms with E-state index in [9.17, 15) is 13.2 Å². The number of halogens is 4. The molecule has 19 heavy (non-hydrogen) atoms. The molecule has 1 aromatic heterocycles. The molecule has 0 saturated heterocycles. The standard InChI is InChI=1S/C12H8BrF3N2O/c13-10-5-6-17-11(18-10)19-7-8-1-3-9(4-2-8)12(14,15)16/h1-6H,7H2. The summed E-state index contributed by atoms with van der Waals surface area (Å²) in [5, 5.41) is 0. The fourth-order valence-corrected chi connectivity index (χ4v) is 1.60. The average molecular weight is 333 g/mol. The van der Waals surface area contributed by atoms with E-state index in [0.29, 0.717) is 10.2 Å². The van der Waals surface area contributed by atoms with Gasteiger partial charge in [0.1, 0.15) is 11.2 Å². The third-order valence-electron chi connectivity index (χ3n) is 2.25. The van der Waals surface area contributed by atoms with E-state index in [1.54, 1.807) is 6.07 Å². The topological polar surface area (TPSA) is 35.0 Å². The van der Waals surface area contributed by atoms with E-state index in [-0.39, 0.29) is 12.6 Å². The second-order valence-electron chi connectivity index (χ2n) is 3.65. The monoisotopic (exact) mass is 332 g/mol. The van der Waals surface area contributed by atoms with Crippen molar-refractivity contribution in [2.75, 3.05) is 0 Å². The number of hydrogen-bond acceptors (Lipinski definition) is 3. The molecule has 0 fully saturated rings. The smallest absolute Gasteiger partial charge is 0.416 e. The van der Waals surface area contributed by atoms with Crippen molar-refractivity contribution in [1.82, 2.24) is 9.97 Å². The molecule has 1 heterocycles. The molecule has 0 N–H and O–H groups in total. The molecule has 0 bridgehead atoms. The van der Waals surface area contributed by atoms with Crippen molar-refractivity contribution in [3.8, 4) is 6.01 Å². The summed E-state index contributed by atoms with van der Waals surface area (Å²) in [4.78, 5) is 7.82. The average Bonchev–Trinajstić information content (AvgIpc) is 2.36. The van der Waals surface area contributed by atoms with Gasteiger partial charge >= 0.3 is 12.2 Å². The lowest BCUT2D eigenvalue weighted by Gasteiger charge is -2.08. The van der Waals surface area contributed by atoms with Gasteiger partial charge < -0.3 is 4.74 Å². The van der Waals surface area contributed by atoms with Crippen LogP contribution in [0.3, 0.4) is 0 Å². The highest BCUT2D eigenvalue weighted by atomic mass is 79.9. The van der Waals surface area contributed by atoms with Gasteiger partial charge in [0, 0.05) is 6.20 Å².